The summed E-state index contributed by atoms with van der Waals surface area (Å²) in [5, 5.41) is 8.78. The lowest BCUT2D eigenvalue weighted by atomic mass is 10.1. The number of nitrogens with zero attached hydrogens (tertiary/aromatic N) is 2. The molecule has 1 heterocycles. The SMILES string of the molecule is Cc1ccc(S(=O)(=O)N2CC[C@H](C#N)C2)cc1. The molecule has 4 nitrogen and oxygen atoms in total. The fourth-order valence-electron chi connectivity index (χ4n) is 1.91. The van der Waals surface area contributed by atoms with Gasteiger partial charge in [0.15, 0.2) is 0 Å². The maximum Gasteiger partial charge on any atom is 0.243 e. The first-order chi connectivity index (χ1) is 8.04. The van der Waals surface area contributed by atoms with E-state index in [1.165, 1.54) is 4.31 Å². The Bertz CT molecular complexity index is 543. The molecule has 17 heavy (non-hydrogen) atoms. The lowest BCUT2D eigenvalue weighted by Gasteiger charge is -2.15. The minimum Gasteiger partial charge on any atom is -0.207 e. The van der Waals surface area contributed by atoms with E-state index in [-0.39, 0.29) is 5.92 Å². The zero-order chi connectivity index (χ0) is 12.5. The van der Waals surface area contributed by atoms with Crippen LogP contribution in [-0.2, 0) is 10.0 Å². The molecule has 0 N–H and O–H groups in total. The fraction of sp³-hybridized carbons (Fsp3) is 0.417. The molecule has 0 amide bonds. The summed E-state index contributed by atoms with van der Waals surface area (Å²) in [6, 6.07) is 8.92. The molecular weight excluding hydrogens is 236 g/mol. The molecule has 0 radical (unpaired) electrons. The molecule has 1 fully saturated rings. The first-order valence-electron chi connectivity index (χ1n) is 5.50. The number of hydrogen-bond acceptors (Lipinski definition) is 3. The third kappa shape index (κ3) is 2.33. The molecule has 2 rings (SSSR count). The van der Waals surface area contributed by atoms with Crippen LogP contribution < -0.4 is 0 Å². The molecule has 0 bridgehead atoms. The van der Waals surface area contributed by atoms with Crippen molar-refractivity contribution in [2.75, 3.05) is 13.1 Å². The van der Waals surface area contributed by atoms with Gasteiger partial charge >= 0.3 is 0 Å². The number of nitriles is 1. The van der Waals surface area contributed by atoms with Crippen LogP contribution in [0.25, 0.3) is 0 Å². The minimum absolute atomic E-state index is 0.171. The summed E-state index contributed by atoms with van der Waals surface area (Å²) in [4.78, 5) is 0.307. The van der Waals surface area contributed by atoms with E-state index in [1.807, 2.05) is 6.92 Å². The molecule has 0 spiro atoms. The van der Waals surface area contributed by atoms with E-state index in [9.17, 15) is 8.42 Å². The molecule has 5 heteroatoms. The molecule has 1 atom stereocenters. The van der Waals surface area contributed by atoms with E-state index in [0.29, 0.717) is 24.4 Å². The van der Waals surface area contributed by atoms with Gasteiger partial charge in [0.2, 0.25) is 10.0 Å². The van der Waals surface area contributed by atoms with Crippen molar-refractivity contribution in [3.05, 3.63) is 29.8 Å². The first-order valence-corrected chi connectivity index (χ1v) is 6.94. The van der Waals surface area contributed by atoms with E-state index in [2.05, 4.69) is 6.07 Å². The average Bonchev–Trinajstić information content (AvgIpc) is 2.78. The maximum absolute atomic E-state index is 12.2. The van der Waals surface area contributed by atoms with Crippen molar-refractivity contribution in [3.8, 4) is 6.07 Å². The van der Waals surface area contributed by atoms with Gasteiger partial charge in [-0.1, -0.05) is 17.7 Å². The molecule has 1 aromatic carbocycles. The van der Waals surface area contributed by atoms with Gasteiger partial charge in [0.1, 0.15) is 0 Å². The minimum atomic E-state index is -3.42. The van der Waals surface area contributed by atoms with E-state index in [1.54, 1.807) is 24.3 Å². The zero-order valence-electron chi connectivity index (χ0n) is 9.63. The molecule has 1 aromatic rings. The van der Waals surface area contributed by atoms with Crippen LogP contribution in [0.5, 0.6) is 0 Å². The van der Waals surface area contributed by atoms with E-state index in [0.717, 1.165) is 5.56 Å². The topological polar surface area (TPSA) is 61.2 Å². The van der Waals surface area contributed by atoms with Gasteiger partial charge in [-0.15, -0.1) is 0 Å². The summed E-state index contributed by atoms with van der Waals surface area (Å²) >= 11 is 0. The highest BCUT2D eigenvalue weighted by molar-refractivity contribution is 7.89. The van der Waals surface area contributed by atoms with Gasteiger partial charge in [0.05, 0.1) is 16.9 Å². The van der Waals surface area contributed by atoms with Gasteiger partial charge in [-0.05, 0) is 25.5 Å². The molecule has 1 saturated heterocycles. The van der Waals surface area contributed by atoms with Gasteiger partial charge in [-0.3, -0.25) is 0 Å². The van der Waals surface area contributed by atoms with Crippen molar-refractivity contribution < 1.29 is 8.42 Å². The Labute approximate surface area is 102 Å². The van der Waals surface area contributed by atoms with Gasteiger partial charge in [0, 0.05) is 13.1 Å². The summed E-state index contributed by atoms with van der Waals surface area (Å²) in [7, 11) is -3.42. The van der Waals surface area contributed by atoms with Gasteiger partial charge in [0.25, 0.3) is 0 Å². The molecule has 0 aliphatic carbocycles. The summed E-state index contributed by atoms with van der Waals surface area (Å²) in [5.41, 5.74) is 1.03. The van der Waals surface area contributed by atoms with Crippen LogP contribution in [0.1, 0.15) is 12.0 Å². The van der Waals surface area contributed by atoms with Crippen molar-refractivity contribution in [1.29, 1.82) is 5.26 Å². The van der Waals surface area contributed by atoms with Crippen molar-refractivity contribution in [1.82, 2.24) is 4.31 Å². The number of benzene rings is 1. The lowest BCUT2D eigenvalue weighted by Crippen LogP contribution is -2.28. The standard InChI is InChI=1S/C12H14N2O2S/c1-10-2-4-12(5-3-10)17(15,16)14-7-6-11(8-13)9-14/h2-5,11H,6-7,9H2,1H3/t11-/m1/s1. The van der Waals surface area contributed by atoms with Crippen LogP contribution in [0.4, 0.5) is 0 Å². The van der Waals surface area contributed by atoms with Crippen LogP contribution in [0.3, 0.4) is 0 Å². The summed E-state index contributed by atoms with van der Waals surface area (Å²) in [6.07, 6.45) is 0.627. The highest BCUT2D eigenvalue weighted by Crippen LogP contribution is 2.23. The van der Waals surface area contributed by atoms with Crippen molar-refractivity contribution in [2.45, 2.75) is 18.2 Å². The Morgan fingerprint density at radius 2 is 2.00 bits per heavy atom. The second-order valence-electron chi connectivity index (χ2n) is 4.29. The number of hydrogen-bond donors (Lipinski definition) is 0. The molecule has 0 saturated carbocycles. The Balaban J connectivity index is 2.26. The molecule has 90 valence electrons. The van der Waals surface area contributed by atoms with E-state index in [4.69, 9.17) is 5.26 Å². The average molecular weight is 250 g/mol. The smallest absolute Gasteiger partial charge is 0.207 e. The van der Waals surface area contributed by atoms with Crippen LogP contribution in [0, 0.1) is 24.2 Å². The van der Waals surface area contributed by atoms with Crippen LogP contribution in [-0.4, -0.2) is 25.8 Å². The number of rotatable bonds is 2. The largest absolute Gasteiger partial charge is 0.243 e. The second-order valence-corrected chi connectivity index (χ2v) is 6.23. The van der Waals surface area contributed by atoms with Gasteiger partial charge in [-0.25, -0.2) is 8.42 Å². The molecule has 1 aliphatic rings. The van der Waals surface area contributed by atoms with Crippen molar-refractivity contribution >= 4 is 10.0 Å². The quantitative estimate of drug-likeness (QED) is 0.799. The second kappa shape index (κ2) is 4.47. The Morgan fingerprint density at radius 3 is 2.53 bits per heavy atom. The number of sulfonamides is 1. The summed E-state index contributed by atoms with van der Waals surface area (Å²) in [6.45, 7) is 2.67. The van der Waals surface area contributed by atoms with E-state index < -0.39 is 10.0 Å². The van der Waals surface area contributed by atoms with Crippen LogP contribution in [0.2, 0.25) is 0 Å². The van der Waals surface area contributed by atoms with E-state index >= 15 is 0 Å². The lowest BCUT2D eigenvalue weighted by molar-refractivity contribution is 0.471. The third-order valence-electron chi connectivity index (χ3n) is 2.99. The highest BCUT2D eigenvalue weighted by Gasteiger charge is 2.32. The monoisotopic (exact) mass is 250 g/mol. The summed E-state index contributed by atoms with van der Waals surface area (Å²) in [5.74, 6) is -0.171. The van der Waals surface area contributed by atoms with Gasteiger partial charge < -0.3 is 0 Å². The third-order valence-corrected chi connectivity index (χ3v) is 4.87. The highest BCUT2D eigenvalue weighted by atomic mass is 32.2. The first kappa shape index (κ1) is 12.1. The molecule has 0 aromatic heterocycles. The Hall–Kier alpha value is -1.38. The Kier molecular flexibility index (Phi) is 3.18. The normalized spacial score (nSPS) is 21.3. The predicted molar refractivity (Wildman–Crippen MR) is 63.7 cm³/mol. The van der Waals surface area contributed by atoms with Gasteiger partial charge in [-0.2, -0.15) is 9.57 Å². The number of aryl methyl sites for hydroxylation is 1. The molecule has 0 unspecified atom stereocenters. The fourth-order valence-corrected chi connectivity index (χ4v) is 3.41. The predicted octanol–water partition coefficient (Wildman–Crippen LogP) is 1.53. The Morgan fingerprint density at radius 1 is 1.35 bits per heavy atom. The van der Waals surface area contributed by atoms with Crippen molar-refractivity contribution in [3.63, 3.8) is 0 Å². The maximum atomic E-state index is 12.2. The molecule has 1 aliphatic heterocycles. The van der Waals surface area contributed by atoms with Crippen LogP contribution in [0.15, 0.2) is 29.2 Å². The zero-order valence-corrected chi connectivity index (χ0v) is 10.4. The molecular formula is C12H14N2O2S. The summed E-state index contributed by atoms with van der Waals surface area (Å²) < 4.78 is 25.8. The van der Waals surface area contributed by atoms with Crippen LogP contribution >= 0.6 is 0 Å². The van der Waals surface area contributed by atoms with Crippen molar-refractivity contribution in [2.24, 2.45) is 5.92 Å².